The Labute approximate surface area is 104 Å². The molecule has 0 unspecified atom stereocenters. The average molecular weight is 234 g/mol. The lowest BCUT2D eigenvalue weighted by molar-refractivity contribution is -0.117. The van der Waals surface area contributed by atoms with Gasteiger partial charge in [0.15, 0.2) is 0 Å². The smallest absolute Gasteiger partial charge is 0.129 e. The number of carbonyl (C=O) groups excluding carboxylic acids is 1. The first-order valence-corrected chi connectivity index (χ1v) is 6.40. The van der Waals surface area contributed by atoms with Crippen LogP contribution in [0.4, 0.5) is 0 Å². The molecule has 0 atom stereocenters. The van der Waals surface area contributed by atoms with Gasteiger partial charge in [0.25, 0.3) is 0 Å². The van der Waals surface area contributed by atoms with Gasteiger partial charge in [-0.2, -0.15) is 0 Å². The van der Waals surface area contributed by atoms with Gasteiger partial charge in [-0.05, 0) is 25.3 Å². The average Bonchev–Trinajstić information content (AvgIpc) is 2.33. The number of Topliss-reactive ketones (excluding diaryl/α,β-unsaturated/α-hetero) is 1. The monoisotopic (exact) mass is 234 g/mol. The summed E-state index contributed by atoms with van der Waals surface area (Å²) in [4.78, 5) is 10.7. The Hall–Kier alpha value is -1.15. The van der Waals surface area contributed by atoms with Crippen molar-refractivity contribution in [3.05, 3.63) is 35.9 Å². The molecular weight excluding hydrogens is 212 g/mol. The van der Waals surface area contributed by atoms with Gasteiger partial charge in [0.1, 0.15) is 5.78 Å². The van der Waals surface area contributed by atoms with Crippen LogP contribution >= 0.6 is 0 Å². The fourth-order valence-corrected chi connectivity index (χ4v) is 1.70. The van der Waals surface area contributed by atoms with Crippen LogP contribution in [0.5, 0.6) is 0 Å². The highest BCUT2D eigenvalue weighted by Crippen LogP contribution is 2.05. The van der Waals surface area contributed by atoms with E-state index >= 15 is 0 Å². The molecule has 1 rings (SSSR count). The Morgan fingerprint density at radius 3 is 2.47 bits per heavy atom. The molecular formula is C15H22O2. The highest BCUT2D eigenvalue weighted by molar-refractivity contribution is 5.75. The van der Waals surface area contributed by atoms with Crippen LogP contribution in [-0.4, -0.2) is 12.4 Å². The number of hydrogen-bond donors (Lipinski definition) is 0. The van der Waals surface area contributed by atoms with Crippen LogP contribution in [0.25, 0.3) is 0 Å². The summed E-state index contributed by atoms with van der Waals surface area (Å²) >= 11 is 0. The molecule has 0 fully saturated rings. The summed E-state index contributed by atoms with van der Waals surface area (Å²) in [7, 11) is 0. The zero-order chi connectivity index (χ0) is 12.3. The van der Waals surface area contributed by atoms with Crippen LogP contribution in [0.1, 0.15) is 44.6 Å². The number of rotatable bonds is 9. The standard InChI is InChI=1S/C15H22O2/c1-14(16)9-5-2-3-8-12-17-13-15-10-6-4-7-11-15/h4,6-7,10-11H,2-3,5,8-9,12-13H2,1H3. The maximum Gasteiger partial charge on any atom is 0.129 e. The lowest BCUT2D eigenvalue weighted by atomic mass is 10.1. The molecule has 0 bridgehead atoms. The Bertz CT molecular complexity index is 306. The molecule has 2 heteroatoms. The van der Waals surface area contributed by atoms with E-state index in [0.717, 1.165) is 38.7 Å². The molecule has 0 amide bonds. The fourth-order valence-electron chi connectivity index (χ4n) is 1.70. The fraction of sp³-hybridized carbons (Fsp3) is 0.533. The van der Waals surface area contributed by atoms with Gasteiger partial charge in [-0.3, -0.25) is 0 Å². The highest BCUT2D eigenvalue weighted by atomic mass is 16.5. The number of benzene rings is 1. The maximum atomic E-state index is 10.7. The first kappa shape index (κ1) is 13.9. The van der Waals surface area contributed by atoms with E-state index in [4.69, 9.17) is 4.74 Å². The van der Waals surface area contributed by atoms with Crippen molar-refractivity contribution < 1.29 is 9.53 Å². The van der Waals surface area contributed by atoms with E-state index in [1.165, 1.54) is 5.56 Å². The van der Waals surface area contributed by atoms with Crippen molar-refractivity contribution in [2.75, 3.05) is 6.61 Å². The molecule has 94 valence electrons. The van der Waals surface area contributed by atoms with Crippen LogP contribution in [0.15, 0.2) is 30.3 Å². The van der Waals surface area contributed by atoms with Crippen molar-refractivity contribution in [1.29, 1.82) is 0 Å². The minimum absolute atomic E-state index is 0.297. The molecule has 0 heterocycles. The van der Waals surface area contributed by atoms with Crippen molar-refractivity contribution in [3.8, 4) is 0 Å². The first-order valence-electron chi connectivity index (χ1n) is 6.40. The summed E-state index contributed by atoms with van der Waals surface area (Å²) in [6, 6.07) is 10.2. The van der Waals surface area contributed by atoms with Gasteiger partial charge in [0, 0.05) is 13.0 Å². The van der Waals surface area contributed by atoms with Crippen LogP contribution in [0, 0.1) is 0 Å². The van der Waals surface area contributed by atoms with E-state index in [1.54, 1.807) is 6.92 Å². The van der Waals surface area contributed by atoms with Gasteiger partial charge in [-0.1, -0.05) is 43.2 Å². The van der Waals surface area contributed by atoms with Crippen LogP contribution in [-0.2, 0) is 16.1 Å². The van der Waals surface area contributed by atoms with E-state index in [2.05, 4.69) is 12.1 Å². The van der Waals surface area contributed by atoms with Crippen molar-refractivity contribution in [2.24, 2.45) is 0 Å². The third-order valence-electron chi connectivity index (χ3n) is 2.68. The van der Waals surface area contributed by atoms with Crippen molar-refractivity contribution in [1.82, 2.24) is 0 Å². The Morgan fingerprint density at radius 2 is 1.76 bits per heavy atom. The lowest BCUT2D eigenvalue weighted by Crippen LogP contribution is -1.96. The van der Waals surface area contributed by atoms with Crippen molar-refractivity contribution >= 4 is 5.78 Å². The van der Waals surface area contributed by atoms with E-state index in [1.807, 2.05) is 18.2 Å². The van der Waals surface area contributed by atoms with Gasteiger partial charge < -0.3 is 9.53 Å². The van der Waals surface area contributed by atoms with Gasteiger partial charge in [-0.15, -0.1) is 0 Å². The van der Waals surface area contributed by atoms with E-state index < -0.39 is 0 Å². The summed E-state index contributed by atoms with van der Waals surface area (Å²) in [5, 5.41) is 0. The lowest BCUT2D eigenvalue weighted by Gasteiger charge is -2.04. The molecule has 0 aromatic heterocycles. The molecule has 0 N–H and O–H groups in total. The SMILES string of the molecule is CC(=O)CCCCCCOCc1ccccc1. The van der Waals surface area contributed by atoms with Crippen LogP contribution < -0.4 is 0 Å². The third-order valence-corrected chi connectivity index (χ3v) is 2.68. The second-order valence-electron chi connectivity index (χ2n) is 4.40. The number of hydrogen-bond acceptors (Lipinski definition) is 2. The molecule has 0 aliphatic heterocycles. The molecule has 0 saturated carbocycles. The van der Waals surface area contributed by atoms with Crippen LogP contribution in [0.2, 0.25) is 0 Å². The first-order chi connectivity index (χ1) is 8.29. The molecule has 0 aliphatic rings. The molecule has 2 nitrogen and oxygen atoms in total. The van der Waals surface area contributed by atoms with E-state index in [-0.39, 0.29) is 0 Å². The van der Waals surface area contributed by atoms with Crippen molar-refractivity contribution in [3.63, 3.8) is 0 Å². The summed E-state index contributed by atoms with van der Waals surface area (Å²) < 4.78 is 5.58. The second-order valence-corrected chi connectivity index (χ2v) is 4.40. The largest absolute Gasteiger partial charge is 0.377 e. The minimum atomic E-state index is 0.297. The van der Waals surface area contributed by atoms with Gasteiger partial charge >= 0.3 is 0 Å². The van der Waals surface area contributed by atoms with Gasteiger partial charge in [0.05, 0.1) is 6.61 Å². The van der Waals surface area contributed by atoms with Crippen molar-refractivity contribution in [2.45, 2.75) is 45.6 Å². The summed E-state index contributed by atoms with van der Waals surface area (Å²) in [5.74, 6) is 0.297. The molecule has 17 heavy (non-hydrogen) atoms. The number of ketones is 1. The van der Waals surface area contributed by atoms with E-state index in [0.29, 0.717) is 12.4 Å². The predicted octanol–water partition coefficient (Wildman–Crippen LogP) is 3.74. The number of ether oxygens (including phenoxy) is 1. The predicted molar refractivity (Wildman–Crippen MR) is 69.9 cm³/mol. The van der Waals surface area contributed by atoms with Gasteiger partial charge in [-0.25, -0.2) is 0 Å². The normalized spacial score (nSPS) is 10.4. The third kappa shape index (κ3) is 7.70. The summed E-state index contributed by atoms with van der Waals surface area (Å²) in [6.45, 7) is 3.17. The molecule has 0 aliphatic carbocycles. The Balaban J connectivity index is 1.90. The number of unbranched alkanes of at least 4 members (excludes halogenated alkanes) is 3. The molecule has 1 aromatic rings. The molecule has 0 saturated heterocycles. The number of carbonyl (C=O) groups is 1. The summed E-state index contributed by atoms with van der Waals surface area (Å²) in [5.41, 5.74) is 1.23. The maximum absolute atomic E-state index is 10.7. The Kier molecular flexibility index (Phi) is 7.32. The molecule has 0 spiro atoms. The highest BCUT2D eigenvalue weighted by Gasteiger charge is 1.95. The topological polar surface area (TPSA) is 26.3 Å². The minimum Gasteiger partial charge on any atom is -0.377 e. The Morgan fingerprint density at radius 1 is 1.06 bits per heavy atom. The molecule has 0 radical (unpaired) electrons. The zero-order valence-electron chi connectivity index (χ0n) is 10.7. The molecule has 1 aromatic carbocycles. The quantitative estimate of drug-likeness (QED) is 0.608. The second kappa shape index (κ2) is 8.94. The van der Waals surface area contributed by atoms with Crippen LogP contribution in [0.3, 0.4) is 0 Å². The summed E-state index contributed by atoms with van der Waals surface area (Å²) in [6.07, 6.45) is 5.12. The van der Waals surface area contributed by atoms with Gasteiger partial charge in [0.2, 0.25) is 0 Å². The van der Waals surface area contributed by atoms with E-state index in [9.17, 15) is 4.79 Å². The zero-order valence-corrected chi connectivity index (χ0v) is 10.7.